The molecule has 106 valence electrons. The van der Waals surface area contributed by atoms with Gasteiger partial charge in [-0.25, -0.2) is 15.8 Å². The van der Waals surface area contributed by atoms with Crippen molar-refractivity contribution in [3.8, 4) is 0 Å². The van der Waals surface area contributed by atoms with Crippen LogP contribution in [0.3, 0.4) is 0 Å². The molecule has 0 aromatic carbocycles. The number of aromatic nitrogens is 2. The Hall–Kier alpha value is -1.36. The van der Waals surface area contributed by atoms with Crippen LogP contribution in [0.5, 0.6) is 0 Å². The highest BCUT2D eigenvalue weighted by Crippen LogP contribution is 2.31. The van der Waals surface area contributed by atoms with E-state index in [4.69, 9.17) is 5.84 Å². The van der Waals surface area contributed by atoms with Crippen LogP contribution in [0.1, 0.15) is 52.3 Å². The van der Waals surface area contributed by atoms with Crippen molar-refractivity contribution in [3.63, 3.8) is 0 Å². The molecule has 1 aliphatic heterocycles. The van der Waals surface area contributed by atoms with Gasteiger partial charge in [0.05, 0.1) is 0 Å². The third-order valence-corrected chi connectivity index (χ3v) is 3.62. The molecule has 0 spiro atoms. The van der Waals surface area contributed by atoms with E-state index in [0.717, 1.165) is 24.7 Å². The Morgan fingerprint density at radius 1 is 1.37 bits per heavy atom. The minimum atomic E-state index is 0.296. The summed E-state index contributed by atoms with van der Waals surface area (Å²) in [4.78, 5) is 11.4. The molecule has 0 radical (unpaired) electrons. The second-order valence-electron chi connectivity index (χ2n) is 6.46. The number of hydrazine groups is 1. The van der Waals surface area contributed by atoms with Crippen LogP contribution >= 0.6 is 0 Å². The van der Waals surface area contributed by atoms with Gasteiger partial charge in [0.2, 0.25) is 0 Å². The molecule has 5 nitrogen and oxygen atoms in total. The molecule has 0 atom stereocenters. The first-order valence-corrected chi connectivity index (χ1v) is 7.02. The number of hydrogen-bond donors (Lipinski definition) is 2. The molecule has 19 heavy (non-hydrogen) atoms. The highest BCUT2D eigenvalue weighted by Gasteiger charge is 2.27. The fourth-order valence-corrected chi connectivity index (χ4v) is 2.57. The maximum absolute atomic E-state index is 5.51. The molecule has 3 N–H and O–H groups in total. The van der Waals surface area contributed by atoms with Crippen LogP contribution in [-0.2, 0) is 0 Å². The zero-order valence-corrected chi connectivity index (χ0v) is 12.4. The zero-order chi connectivity index (χ0) is 14.0. The Balaban J connectivity index is 2.30. The fourth-order valence-electron chi connectivity index (χ4n) is 2.57. The summed E-state index contributed by atoms with van der Waals surface area (Å²) in [6.45, 7) is 10.9. The first-order valence-electron chi connectivity index (χ1n) is 7.02. The van der Waals surface area contributed by atoms with Gasteiger partial charge in [0.15, 0.2) is 0 Å². The molecule has 0 bridgehead atoms. The second kappa shape index (κ2) is 5.33. The molecule has 0 aliphatic carbocycles. The maximum atomic E-state index is 5.51. The third kappa shape index (κ3) is 3.35. The molecule has 0 saturated carbocycles. The molecule has 1 aromatic heterocycles. The van der Waals surface area contributed by atoms with Crippen LogP contribution < -0.4 is 16.2 Å². The van der Waals surface area contributed by atoms with Gasteiger partial charge in [0.1, 0.15) is 17.5 Å². The van der Waals surface area contributed by atoms with E-state index < -0.39 is 0 Å². The molecular formula is C14H25N5. The standard InChI is InChI=1S/C14H25N5/c1-10(2)13-16-11(18-15)8-12(17-13)19-7-5-6-14(3,4)9-19/h8,10H,5-7,9,15H2,1-4H3,(H,16,17,18). The number of nitrogen functional groups attached to an aromatic ring is 1. The Labute approximate surface area is 115 Å². The number of nitrogens with one attached hydrogen (secondary N) is 1. The highest BCUT2D eigenvalue weighted by molar-refractivity contribution is 5.49. The molecule has 0 amide bonds. The summed E-state index contributed by atoms with van der Waals surface area (Å²) >= 11 is 0. The molecular weight excluding hydrogens is 238 g/mol. The minimum Gasteiger partial charge on any atom is -0.356 e. The van der Waals surface area contributed by atoms with Gasteiger partial charge in [-0.2, -0.15) is 0 Å². The molecule has 1 fully saturated rings. The number of piperidine rings is 1. The Bertz CT molecular complexity index is 441. The molecule has 2 rings (SSSR count). The van der Waals surface area contributed by atoms with Crippen LogP contribution in [0, 0.1) is 5.41 Å². The van der Waals surface area contributed by atoms with Gasteiger partial charge < -0.3 is 10.3 Å². The first kappa shape index (κ1) is 14.1. The van der Waals surface area contributed by atoms with Crippen molar-refractivity contribution < 1.29 is 0 Å². The quantitative estimate of drug-likeness (QED) is 0.648. The number of hydrogen-bond acceptors (Lipinski definition) is 5. The monoisotopic (exact) mass is 263 g/mol. The largest absolute Gasteiger partial charge is 0.356 e. The number of nitrogens with two attached hydrogens (primary N) is 1. The summed E-state index contributed by atoms with van der Waals surface area (Å²) in [6, 6.07) is 1.94. The molecule has 0 unspecified atom stereocenters. The van der Waals surface area contributed by atoms with Gasteiger partial charge in [-0.05, 0) is 18.3 Å². The van der Waals surface area contributed by atoms with Crippen LogP contribution in [0.2, 0.25) is 0 Å². The van der Waals surface area contributed by atoms with Gasteiger partial charge in [-0.1, -0.05) is 27.7 Å². The van der Waals surface area contributed by atoms with Crippen molar-refractivity contribution >= 4 is 11.6 Å². The van der Waals surface area contributed by atoms with Gasteiger partial charge in [-0.15, -0.1) is 0 Å². The lowest BCUT2D eigenvalue weighted by atomic mass is 9.84. The summed E-state index contributed by atoms with van der Waals surface area (Å²) in [5.74, 6) is 8.33. The van der Waals surface area contributed by atoms with Crippen LogP contribution in [0.4, 0.5) is 11.6 Å². The average Bonchev–Trinajstić information content (AvgIpc) is 2.37. The van der Waals surface area contributed by atoms with Gasteiger partial charge in [0, 0.05) is 25.1 Å². The minimum absolute atomic E-state index is 0.296. The zero-order valence-electron chi connectivity index (χ0n) is 12.4. The predicted molar refractivity (Wildman–Crippen MR) is 79.2 cm³/mol. The predicted octanol–water partition coefficient (Wildman–Crippen LogP) is 2.51. The fraction of sp³-hybridized carbons (Fsp3) is 0.714. The lowest BCUT2D eigenvalue weighted by Gasteiger charge is -2.39. The van der Waals surface area contributed by atoms with Crippen molar-refractivity contribution in [1.82, 2.24) is 9.97 Å². The SMILES string of the molecule is CC(C)c1nc(NN)cc(N2CCCC(C)(C)C2)n1. The highest BCUT2D eigenvalue weighted by atomic mass is 15.3. The smallest absolute Gasteiger partial charge is 0.145 e. The van der Waals surface area contributed by atoms with Gasteiger partial charge in [0.25, 0.3) is 0 Å². The number of nitrogens with zero attached hydrogens (tertiary/aromatic N) is 3. The van der Waals surface area contributed by atoms with E-state index in [1.54, 1.807) is 0 Å². The van der Waals surface area contributed by atoms with Crippen molar-refractivity contribution in [2.45, 2.75) is 46.5 Å². The third-order valence-electron chi connectivity index (χ3n) is 3.62. The summed E-state index contributed by atoms with van der Waals surface area (Å²) in [7, 11) is 0. The Morgan fingerprint density at radius 3 is 2.68 bits per heavy atom. The molecule has 1 saturated heterocycles. The van der Waals surface area contributed by atoms with Crippen molar-refractivity contribution in [1.29, 1.82) is 0 Å². The normalized spacial score (nSPS) is 18.7. The van der Waals surface area contributed by atoms with Gasteiger partial charge >= 0.3 is 0 Å². The lowest BCUT2D eigenvalue weighted by molar-refractivity contribution is 0.292. The maximum Gasteiger partial charge on any atom is 0.145 e. The molecule has 5 heteroatoms. The average molecular weight is 263 g/mol. The van der Waals surface area contributed by atoms with E-state index in [-0.39, 0.29) is 0 Å². The van der Waals surface area contributed by atoms with Crippen LogP contribution in [0.15, 0.2) is 6.07 Å². The van der Waals surface area contributed by atoms with E-state index in [1.165, 1.54) is 12.8 Å². The summed E-state index contributed by atoms with van der Waals surface area (Å²) < 4.78 is 0. The Kier molecular flexibility index (Phi) is 3.94. The summed E-state index contributed by atoms with van der Waals surface area (Å²) in [5, 5.41) is 0. The molecule has 2 heterocycles. The Morgan fingerprint density at radius 2 is 2.11 bits per heavy atom. The molecule has 1 aliphatic rings. The van der Waals surface area contributed by atoms with E-state index in [1.807, 2.05) is 6.07 Å². The number of anilines is 2. The van der Waals surface area contributed by atoms with E-state index >= 15 is 0 Å². The van der Waals surface area contributed by atoms with Crippen molar-refractivity contribution in [3.05, 3.63) is 11.9 Å². The summed E-state index contributed by atoms with van der Waals surface area (Å²) in [6.07, 6.45) is 2.48. The first-order chi connectivity index (χ1) is 8.91. The van der Waals surface area contributed by atoms with E-state index in [0.29, 0.717) is 17.2 Å². The van der Waals surface area contributed by atoms with Gasteiger partial charge in [-0.3, -0.25) is 0 Å². The van der Waals surface area contributed by atoms with Crippen molar-refractivity contribution in [2.75, 3.05) is 23.4 Å². The number of rotatable bonds is 3. The van der Waals surface area contributed by atoms with E-state index in [2.05, 4.69) is 48.0 Å². The molecule has 1 aromatic rings. The topological polar surface area (TPSA) is 67.1 Å². The summed E-state index contributed by atoms with van der Waals surface area (Å²) in [5.41, 5.74) is 2.99. The van der Waals surface area contributed by atoms with Crippen molar-refractivity contribution in [2.24, 2.45) is 11.3 Å². The second-order valence-corrected chi connectivity index (χ2v) is 6.46. The van der Waals surface area contributed by atoms with Crippen LogP contribution in [-0.4, -0.2) is 23.1 Å². The van der Waals surface area contributed by atoms with E-state index in [9.17, 15) is 0 Å². The van der Waals surface area contributed by atoms with Crippen LogP contribution in [0.25, 0.3) is 0 Å². The lowest BCUT2D eigenvalue weighted by Crippen LogP contribution is -2.40.